The fraction of sp³-hybridized carbons (Fsp3) is 1.00. The van der Waals surface area contributed by atoms with Crippen LogP contribution in [0.4, 0.5) is 0 Å². The number of alkyl halides is 2. The molecule has 1 atom stereocenters. The minimum atomic E-state index is -0.0748. The summed E-state index contributed by atoms with van der Waals surface area (Å²) in [7, 11) is 0. The van der Waals surface area contributed by atoms with Gasteiger partial charge in [-0.2, -0.15) is 0 Å². The highest BCUT2D eigenvalue weighted by molar-refractivity contribution is 6.33. The van der Waals surface area contributed by atoms with E-state index < -0.39 is 0 Å². The Balaban J connectivity index is 2.55. The van der Waals surface area contributed by atoms with Crippen LogP contribution < -0.4 is 0 Å². The van der Waals surface area contributed by atoms with Crippen LogP contribution in [0.1, 0.15) is 20.3 Å². The predicted molar refractivity (Wildman–Crippen MR) is 37.7 cm³/mol. The molecule has 0 N–H and O–H groups in total. The molecule has 0 aliphatic heterocycles. The van der Waals surface area contributed by atoms with Crippen molar-refractivity contribution in [2.75, 3.05) is 5.88 Å². The molecule has 0 nitrogen and oxygen atoms in total. The van der Waals surface area contributed by atoms with Gasteiger partial charge >= 0.3 is 0 Å². The Kier molecular flexibility index (Phi) is 1.29. The van der Waals surface area contributed by atoms with Gasteiger partial charge in [-0.25, -0.2) is 0 Å². The van der Waals surface area contributed by atoms with Gasteiger partial charge in [0.25, 0.3) is 0 Å². The van der Waals surface area contributed by atoms with E-state index in [-0.39, 0.29) is 10.3 Å². The van der Waals surface area contributed by atoms with Gasteiger partial charge in [0.15, 0.2) is 0 Å². The van der Waals surface area contributed by atoms with Crippen LogP contribution in [-0.4, -0.2) is 10.8 Å². The average molecular weight is 153 g/mol. The molecule has 8 heavy (non-hydrogen) atoms. The fourth-order valence-corrected chi connectivity index (χ4v) is 1.67. The number of hydrogen-bond donors (Lipinski definition) is 0. The van der Waals surface area contributed by atoms with Crippen LogP contribution in [0.5, 0.6) is 0 Å². The van der Waals surface area contributed by atoms with E-state index in [1.165, 1.54) is 0 Å². The Morgan fingerprint density at radius 2 is 1.88 bits per heavy atom. The number of hydrogen-bond acceptors (Lipinski definition) is 0. The lowest BCUT2D eigenvalue weighted by atomic mass is 10.1. The first-order valence-corrected chi connectivity index (χ1v) is 3.68. The summed E-state index contributed by atoms with van der Waals surface area (Å²) in [5.41, 5.74) is 0.288. The quantitative estimate of drug-likeness (QED) is 0.508. The Hall–Kier alpha value is 0.580. The van der Waals surface area contributed by atoms with Crippen molar-refractivity contribution >= 4 is 23.2 Å². The zero-order valence-corrected chi connectivity index (χ0v) is 6.68. The Morgan fingerprint density at radius 3 is 1.88 bits per heavy atom. The lowest BCUT2D eigenvalue weighted by Crippen LogP contribution is -2.08. The molecule has 0 aromatic rings. The molecule has 0 spiro atoms. The summed E-state index contributed by atoms with van der Waals surface area (Å²) in [6.45, 7) is 4.28. The van der Waals surface area contributed by atoms with Crippen molar-refractivity contribution in [1.29, 1.82) is 0 Å². The summed E-state index contributed by atoms with van der Waals surface area (Å²) in [6, 6.07) is 0. The maximum Gasteiger partial charge on any atom is 0.0638 e. The first-order chi connectivity index (χ1) is 3.52. The van der Waals surface area contributed by atoms with Crippen molar-refractivity contribution in [2.24, 2.45) is 5.41 Å². The van der Waals surface area contributed by atoms with Gasteiger partial charge in [0, 0.05) is 5.88 Å². The SMILES string of the molecule is CC1(C)CC1(Cl)CCl. The van der Waals surface area contributed by atoms with Gasteiger partial charge in [-0.05, 0) is 11.8 Å². The summed E-state index contributed by atoms with van der Waals surface area (Å²) in [6.07, 6.45) is 1.06. The molecule has 1 rings (SSSR count). The van der Waals surface area contributed by atoms with Crippen LogP contribution in [0, 0.1) is 5.41 Å². The van der Waals surface area contributed by atoms with Crippen molar-refractivity contribution in [2.45, 2.75) is 25.1 Å². The monoisotopic (exact) mass is 152 g/mol. The van der Waals surface area contributed by atoms with Gasteiger partial charge in [-0.3, -0.25) is 0 Å². The molecule has 2 heteroatoms. The van der Waals surface area contributed by atoms with Gasteiger partial charge < -0.3 is 0 Å². The zero-order valence-electron chi connectivity index (χ0n) is 5.17. The third kappa shape index (κ3) is 0.745. The van der Waals surface area contributed by atoms with E-state index in [9.17, 15) is 0 Å². The summed E-state index contributed by atoms with van der Waals surface area (Å²) in [5, 5.41) is 0. The van der Waals surface area contributed by atoms with E-state index in [2.05, 4.69) is 13.8 Å². The van der Waals surface area contributed by atoms with Gasteiger partial charge in [0.05, 0.1) is 4.87 Å². The van der Waals surface area contributed by atoms with Crippen LogP contribution in [0.3, 0.4) is 0 Å². The lowest BCUT2D eigenvalue weighted by molar-refractivity contribution is 0.605. The summed E-state index contributed by atoms with van der Waals surface area (Å²) in [4.78, 5) is -0.0748. The third-order valence-electron chi connectivity index (χ3n) is 2.02. The standard InChI is InChI=1S/C6H10Cl2/c1-5(2)3-6(5,8)4-7/h3-4H2,1-2H3. The smallest absolute Gasteiger partial charge is 0.0638 e. The van der Waals surface area contributed by atoms with Crippen LogP contribution in [0.25, 0.3) is 0 Å². The topological polar surface area (TPSA) is 0 Å². The Bertz CT molecular complexity index is 109. The molecular formula is C6H10Cl2. The van der Waals surface area contributed by atoms with Crippen LogP contribution in [0.15, 0.2) is 0 Å². The van der Waals surface area contributed by atoms with Gasteiger partial charge in [0.1, 0.15) is 0 Å². The van der Waals surface area contributed by atoms with E-state index in [0.717, 1.165) is 6.42 Å². The normalized spacial score (nSPS) is 42.0. The van der Waals surface area contributed by atoms with Crippen molar-refractivity contribution < 1.29 is 0 Å². The maximum atomic E-state index is 5.99. The molecule has 0 bridgehead atoms. The maximum absolute atomic E-state index is 5.99. The van der Waals surface area contributed by atoms with Crippen molar-refractivity contribution in [3.63, 3.8) is 0 Å². The van der Waals surface area contributed by atoms with Crippen LogP contribution >= 0.6 is 23.2 Å². The molecule has 0 aromatic carbocycles. The number of halogens is 2. The summed E-state index contributed by atoms with van der Waals surface area (Å²) in [5.74, 6) is 0.585. The second-order valence-electron chi connectivity index (χ2n) is 3.16. The molecule has 1 aliphatic rings. The van der Waals surface area contributed by atoms with E-state index in [0.29, 0.717) is 5.88 Å². The van der Waals surface area contributed by atoms with Gasteiger partial charge in [-0.1, -0.05) is 13.8 Å². The van der Waals surface area contributed by atoms with Crippen molar-refractivity contribution in [3.8, 4) is 0 Å². The highest BCUT2D eigenvalue weighted by atomic mass is 35.5. The molecule has 1 aliphatic carbocycles. The molecule has 1 saturated carbocycles. The average Bonchev–Trinajstić information content (AvgIpc) is 2.10. The van der Waals surface area contributed by atoms with E-state index in [1.54, 1.807) is 0 Å². The largest absolute Gasteiger partial charge is 0.125 e. The minimum absolute atomic E-state index is 0.0748. The van der Waals surface area contributed by atoms with Crippen LogP contribution in [0.2, 0.25) is 0 Å². The minimum Gasteiger partial charge on any atom is -0.125 e. The highest BCUT2D eigenvalue weighted by Crippen LogP contribution is 2.60. The van der Waals surface area contributed by atoms with Crippen molar-refractivity contribution in [1.82, 2.24) is 0 Å². The van der Waals surface area contributed by atoms with E-state index in [1.807, 2.05) is 0 Å². The molecule has 0 amide bonds. The first kappa shape index (κ1) is 6.70. The molecule has 1 fully saturated rings. The predicted octanol–water partition coefficient (Wildman–Crippen LogP) is 2.63. The zero-order chi connectivity index (χ0) is 6.41. The molecular weight excluding hydrogens is 143 g/mol. The van der Waals surface area contributed by atoms with E-state index >= 15 is 0 Å². The summed E-state index contributed by atoms with van der Waals surface area (Å²) >= 11 is 11.6. The Labute approximate surface area is 60.2 Å². The van der Waals surface area contributed by atoms with Gasteiger partial charge in [-0.15, -0.1) is 23.2 Å². The first-order valence-electron chi connectivity index (χ1n) is 2.77. The molecule has 48 valence electrons. The third-order valence-corrected chi connectivity index (χ3v) is 3.39. The second-order valence-corrected chi connectivity index (χ2v) is 4.15. The van der Waals surface area contributed by atoms with Gasteiger partial charge in [0.2, 0.25) is 0 Å². The second kappa shape index (κ2) is 1.54. The molecule has 0 radical (unpaired) electrons. The molecule has 0 aromatic heterocycles. The fourth-order valence-electron chi connectivity index (χ4n) is 0.884. The molecule has 0 saturated heterocycles. The summed E-state index contributed by atoms with van der Waals surface area (Å²) < 4.78 is 0. The molecule has 0 heterocycles. The lowest BCUT2D eigenvalue weighted by Gasteiger charge is -2.05. The molecule has 1 unspecified atom stereocenters. The Morgan fingerprint density at radius 1 is 1.50 bits per heavy atom. The van der Waals surface area contributed by atoms with E-state index in [4.69, 9.17) is 23.2 Å². The highest BCUT2D eigenvalue weighted by Gasteiger charge is 2.59. The number of rotatable bonds is 1. The van der Waals surface area contributed by atoms with Crippen LogP contribution in [-0.2, 0) is 0 Å². The van der Waals surface area contributed by atoms with Crippen molar-refractivity contribution in [3.05, 3.63) is 0 Å².